The fraction of sp³-hybridized carbons (Fsp3) is 0.250. The molecule has 4 heteroatoms. The fourth-order valence-corrected chi connectivity index (χ4v) is 1.82. The number of benzene rings is 1. The SMILES string of the molecule is O=C(O)N1CCC=C(c2ccccc2F)C1. The van der Waals surface area contributed by atoms with Crippen LogP contribution in [0.1, 0.15) is 12.0 Å². The number of carboxylic acid groups (broad SMARTS) is 1. The molecule has 0 radical (unpaired) electrons. The second kappa shape index (κ2) is 4.35. The predicted molar refractivity (Wildman–Crippen MR) is 58.6 cm³/mol. The van der Waals surface area contributed by atoms with E-state index in [1.165, 1.54) is 11.0 Å². The minimum atomic E-state index is -0.957. The monoisotopic (exact) mass is 221 g/mol. The summed E-state index contributed by atoms with van der Waals surface area (Å²) in [5.41, 5.74) is 1.24. The molecule has 1 aliphatic rings. The average Bonchev–Trinajstić information content (AvgIpc) is 2.30. The summed E-state index contributed by atoms with van der Waals surface area (Å²) < 4.78 is 13.5. The molecule has 1 heterocycles. The molecule has 0 atom stereocenters. The third-order valence-electron chi connectivity index (χ3n) is 2.64. The average molecular weight is 221 g/mol. The van der Waals surface area contributed by atoms with Gasteiger partial charge in [-0.05, 0) is 18.1 Å². The normalized spacial score (nSPS) is 15.8. The highest BCUT2D eigenvalue weighted by molar-refractivity contribution is 5.74. The van der Waals surface area contributed by atoms with Gasteiger partial charge in [0, 0.05) is 18.7 Å². The van der Waals surface area contributed by atoms with E-state index in [4.69, 9.17) is 5.11 Å². The summed E-state index contributed by atoms with van der Waals surface area (Å²) in [7, 11) is 0. The largest absolute Gasteiger partial charge is 0.465 e. The zero-order valence-electron chi connectivity index (χ0n) is 8.69. The van der Waals surface area contributed by atoms with Crippen LogP contribution in [0.2, 0.25) is 0 Å². The van der Waals surface area contributed by atoms with Crippen LogP contribution >= 0.6 is 0 Å². The third kappa shape index (κ3) is 2.05. The van der Waals surface area contributed by atoms with E-state index in [1.807, 2.05) is 6.08 Å². The molecule has 16 heavy (non-hydrogen) atoms. The first kappa shape index (κ1) is 10.7. The summed E-state index contributed by atoms with van der Waals surface area (Å²) in [6.07, 6.45) is 1.58. The van der Waals surface area contributed by atoms with Crippen LogP contribution in [0.15, 0.2) is 30.3 Å². The van der Waals surface area contributed by atoms with Crippen LogP contribution in [0, 0.1) is 5.82 Å². The van der Waals surface area contributed by atoms with E-state index in [-0.39, 0.29) is 12.4 Å². The molecule has 2 rings (SSSR count). The molecule has 3 nitrogen and oxygen atoms in total. The molecule has 1 amide bonds. The van der Waals surface area contributed by atoms with E-state index in [9.17, 15) is 9.18 Å². The summed E-state index contributed by atoms with van der Waals surface area (Å²) >= 11 is 0. The van der Waals surface area contributed by atoms with E-state index in [1.54, 1.807) is 18.2 Å². The van der Waals surface area contributed by atoms with E-state index in [2.05, 4.69) is 0 Å². The summed E-state index contributed by atoms with van der Waals surface area (Å²) in [4.78, 5) is 12.1. The van der Waals surface area contributed by atoms with Gasteiger partial charge in [0.25, 0.3) is 0 Å². The molecule has 1 aromatic carbocycles. The Morgan fingerprint density at radius 1 is 1.38 bits per heavy atom. The lowest BCUT2D eigenvalue weighted by Crippen LogP contribution is -2.34. The summed E-state index contributed by atoms with van der Waals surface area (Å²) in [6.45, 7) is 0.740. The standard InChI is InChI=1S/C12H12FNO2/c13-11-6-2-1-5-10(11)9-4-3-7-14(8-9)12(15)16/h1-2,4-6H,3,7-8H2,(H,15,16). The number of nitrogens with zero attached hydrogens (tertiary/aromatic N) is 1. The molecule has 0 unspecified atom stereocenters. The first-order valence-corrected chi connectivity index (χ1v) is 5.10. The van der Waals surface area contributed by atoms with Crippen LogP contribution in [0.5, 0.6) is 0 Å². The third-order valence-corrected chi connectivity index (χ3v) is 2.64. The van der Waals surface area contributed by atoms with Gasteiger partial charge in [-0.15, -0.1) is 0 Å². The molecule has 0 aromatic heterocycles. The van der Waals surface area contributed by atoms with Crippen LogP contribution < -0.4 is 0 Å². The molecule has 0 spiro atoms. The Balaban J connectivity index is 2.26. The van der Waals surface area contributed by atoms with Gasteiger partial charge in [-0.1, -0.05) is 24.3 Å². The maximum Gasteiger partial charge on any atom is 0.407 e. The predicted octanol–water partition coefficient (Wildman–Crippen LogP) is 2.59. The van der Waals surface area contributed by atoms with Crippen molar-refractivity contribution in [3.05, 3.63) is 41.7 Å². The molecule has 0 aliphatic carbocycles. The topological polar surface area (TPSA) is 40.5 Å². The Labute approximate surface area is 92.8 Å². The van der Waals surface area contributed by atoms with Crippen molar-refractivity contribution in [1.29, 1.82) is 0 Å². The highest BCUT2D eigenvalue weighted by Gasteiger charge is 2.19. The zero-order valence-corrected chi connectivity index (χ0v) is 8.69. The number of carbonyl (C=O) groups is 1. The Morgan fingerprint density at radius 3 is 2.81 bits per heavy atom. The Bertz CT molecular complexity index is 442. The molecule has 1 aliphatic heterocycles. The molecule has 0 bridgehead atoms. The van der Waals surface area contributed by atoms with Crippen LogP contribution in [0.4, 0.5) is 9.18 Å². The first-order chi connectivity index (χ1) is 7.68. The van der Waals surface area contributed by atoms with E-state index in [0.29, 0.717) is 18.5 Å². The van der Waals surface area contributed by atoms with Crippen molar-refractivity contribution < 1.29 is 14.3 Å². The summed E-state index contributed by atoms with van der Waals surface area (Å²) in [6, 6.07) is 6.43. The van der Waals surface area contributed by atoms with Crippen molar-refractivity contribution in [1.82, 2.24) is 4.90 Å². The quantitative estimate of drug-likeness (QED) is 0.791. The highest BCUT2D eigenvalue weighted by Crippen LogP contribution is 2.22. The van der Waals surface area contributed by atoms with Gasteiger partial charge < -0.3 is 10.0 Å². The molecule has 1 aromatic rings. The van der Waals surface area contributed by atoms with E-state index < -0.39 is 6.09 Å². The lowest BCUT2D eigenvalue weighted by molar-refractivity contribution is 0.150. The van der Waals surface area contributed by atoms with Crippen LogP contribution in [0.3, 0.4) is 0 Å². The van der Waals surface area contributed by atoms with Crippen molar-refractivity contribution >= 4 is 11.7 Å². The number of amides is 1. The lowest BCUT2D eigenvalue weighted by Gasteiger charge is -2.24. The lowest BCUT2D eigenvalue weighted by atomic mass is 10.0. The van der Waals surface area contributed by atoms with Crippen molar-refractivity contribution in [2.24, 2.45) is 0 Å². The Kier molecular flexibility index (Phi) is 2.90. The van der Waals surface area contributed by atoms with Crippen LogP contribution in [-0.2, 0) is 0 Å². The molecular weight excluding hydrogens is 209 g/mol. The highest BCUT2D eigenvalue weighted by atomic mass is 19.1. The number of rotatable bonds is 1. The fourth-order valence-electron chi connectivity index (χ4n) is 1.82. The first-order valence-electron chi connectivity index (χ1n) is 5.10. The van der Waals surface area contributed by atoms with Gasteiger partial charge in [0.1, 0.15) is 5.82 Å². The van der Waals surface area contributed by atoms with Gasteiger partial charge >= 0.3 is 6.09 Å². The summed E-state index contributed by atoms with van der Waals surface area (Å²) in [5.74, 6) is -0.305. The zero-order chi connectivity index (χ0) is 11.5. The Morgan fingerprint density at radius 2 is 2.12 bits per heavy atom. The van der Waals surface area contributed by atoms with Crippen molar-refractivity contribution in [2.75, 3.05) is 13.1 Å². The maximum absolute atomic E-state index is 13.5. The van der Waals surface area contributed by atoms with Gasteiger partial charge in [-0.25, -0.2) is 9.18 Å². The second-order valence-electron chi connectivity index (χ2n) is 3.70. The maximum atomic E-state index is 13.5. The van der Waals surface area contributed by atoms with Crippen molar-refractivity contribution in [3.63, 3.8) is 0 Å². The van der Waals surface area contributed by atoms with E-state index >= 15 is 0 Å². The number of hydrogen-bond donors (Lipinski definition) is 1. The molecule has 1 N–H and O–H groups in total. The Hall–Kier alpha value is -1.84. The van der Waals surface area contributed by atoms with Gasteiger partial charge in [0.2, 0.25) is 0 Å². The smallest absolute Gasteiger partial charge is 0.407 e. The minimum Gasteiger partial charge on any atom is -0.465 e. The van der Waals surface area contributed by atoms with Gasteiger partial charge in [0.05, 0.1) is 0 Å². The molecule has 0 saturated heterocycles. The molecule has 84 valence electrons. The molecule has 0 saturated carbocycles. The molecule has 0 fully saturated rings. The summed E-state index contributed by atoms with van der Waals surface area (Å²) in [5, 5.41) is 8.88. The van der Waals surface area contributed by atoms with Crippen LogP contribution in [0.25, 0.3) is 5.57 Å². The van der Waals surface area contributed by atoms with E-state index in [0.717, 1.165) is 5.57 Å². The van der Waals surface area contributed by atoms with Crippen LogP contribution in [-0.4, -0.2) is 29.2 Å². The number of hydrogen-bond acceptors (Lipinski definition) is 1. The number of halogens is 1. The van der Waals surface area contributed by atoms with Gasteiger partial charge in [-0.3, -0.25) is 0 Å². The second-order valence-corrected chi connectivity index (χ2v) is 3.70. The molecular formula is C12H12FNO2. The van der Waals surface area contributed by atoms with Crippen molar-refractivity contribution in [2.45, 2.75) is 6.42 Å². The minimum absolute atomic E-state index is 0.260. The van der Waals surface area contributed by atoms with Crippen molar-refractivity contribution in [3.8, 4) is 0 Å². The van der Waals surface area contributed by atoms with Gasteiger partial charge in [0.15, 0.2) is 0 Å². The van der Waals surface area contributed by atoms with Gasteiger partial charge in [-0.2, -0.15) is 0 Å².